The van der Waals surface area contributed by atoms with Gasteiger partial charge < -0.3 is 25.9 Å². The number of likely N-dealkylation sites (N-methyl/N-ethyl adjacent to an activating group) is 1. The van der Waals surface area contributed by atoms with Gasteiger partial charge in [-0.15, -0.1) is 0 Å². The number of hydrogen-bond donors (Lipinski definition) is 3. The summed E-state index contributed by atoms with van der Waals surface area (Å²) in [6, 6.07) is 1.50. The van der Waals surface area contributed by atoms with Crippen LogP contribution >= 0.6 is 0 Å². The molecular weight excluding hydrogens is 370 g/mol. The standard InChI is InChI=1S/C25H39N5/c1-18-15-21(22(27)10-9-19(2)26)24(29(3)17-18)30-13-11-25(12-14-30)16-23(25)28-20-7-5-4-6-8-20/h9-10,15,20,23,26-28H,4-8,11-14,16-17H2,1-3H3/b10-9-,26-19?,27-22?. The molecule has 2 aliphatic heterocycles. The van der Waals surface area contributed by atoms with Crippen LogP contribution in [-0.4, -0.2) is 60.0 Å². The van der Waals surface area contributed by atoms with Gasteiger partial charge in [0.25, 0.3) is 0 Å². The Hall–Kier alpha value is -1.88. The predicted octanol–water partition coefficient (Wildman–Crippen LogP) is 4.48. The van der Waals surface area contributed by atoms with E-state index < -0.39 is 0 Å². The van der Waals surface area contributed by atoms with E-state index in [4.69, 9.17) is 10.8 Å². The highest BCUT2D eigenvalue weighted by Crippen LogP contribution is 2.54. The summed E-state index contributed by atoms with van der Waals surface area (Å²) in [4.78, 5) is 4.83. The predicted molar refractivity (Wildman–Crippen MR) is 125 cm³/mol. The molecule has 164 valence electrons. The molecule has 0 radical (unpaired) electrons. The molecule has 3 fully saturated rings. The van der Waals surface area contributed by atoms with E-state index in [9.17, 15) is 0 Å². The van der Waals surface area contributed by atoms with Crippen LogP contribution in [-0.2, 0) is 0 Å². The Morgan fingerprint density at radius 3 is 2.50 bits per heavy atom. The van der Waals surface area contributed by atoms with Crippen LogP contribution in [0.4, 0.5) is 0 Å². The third kappa shape index (κ3) is 4.56. The zero-order chi connectivity index (χ0) is 21.3. The van der Waals surface area contributed by atoms with E-state index in [0.717, 1.165) is 37.3 Å². The van der Waals surface area contributed by atoms with Crippen molar-refractivity contribution in [2.24, 2.45) is 5.41 Å². The van der Waals surface area contributed by atoms with Crippen LogP contribution in [0.2, 0.25) is 0 Å². The minimum atomic E-state index is 0.483. The molecular formula is C25H39N5. The number of likely N-dealkylation sites (tertiary alicyclic amines) is 1. The highest BCUT2D eigenvalue weighted by atomic mass is 15.3. The molecule has 1 atom stereocenters. The monoisotopic (exact) mass is 409 g/mol. The van der Waals surface area contributed by atoms with Crippen molar-refractivity contribution in [1.82, 2.24) is 15.1 Å². The van der Waals surface area contributed by atoms with E-state index in [-0.39, 0.29) is 0 Å². The van der Waals surface area contributed by atoms with Crippen molar-refractivity contribution in [1.29, 1.82) is 10.8 Å². The van der Waals surface area contributed by atoms with Gasteiger partial charge in [0.05, 0.1) is 5.71 Å². The Kier molecular flexibility index (Phi) is 6.19. The molecule has 2 aliphatic carbocycles. The Labute approximate surface area is 182 Å². The maximum atomic E-state index is 8.62. The zero-order valence-electron chi connectivity index (χ0n) is 19.1. The second-order valence-electron chi connectivity index (χ2n) is 10.1. The van der Waals surface area contributed by atoms with Crippen LogP contribution in [0.3, 0.4) is 0 Å². The van der Waals surface area contributed by atoms with Gasteiger partial charge in [-0.05, 0) is 69.6 Å². The minimum Gasteiger partial charge on any atom is -0.358 e. The molecule has 0 aromatic rings. The number of rotatable bonds is 6. The fourth-order valence-corrected chi connectivity index (χ4v) is 5.77. The van der Waals surface area contributed by atoms with Crippen molar-refractivity contribution in [2.75, 3.05) is 26.7 Å². The second kappa shape index (κ2) is 8.70. The number of piperidine rings is 1. The molecule has 2 heterocycles. The van der Waals surface area contributed by atoms with Crippen LogP contribution in [0.15, 0.2) is 35.2 Å². The van der Waals surface area contributed by atoms with Gasteiger partial charge in [0.15, 0.2) is 0 Å². The Morgan fingerprint density at radius 2 is 1.83 bits per heavy atom. The second-order valence-corrected chi connectivity index (χ2v) is 10.1. The molecule has 4 aliphatic rings. The number of hydrogen-bond acceptors (Lipinski definition) is 5. The number of nitrogens with zero attached hydrogens (tertiary/aromatic N) is 2. The van der Waals surface area contributed by atoms with Crippen LogP contribution in [0.25, 0.3) is 0 Å². The third-order valence-electron chi connectivity index (χ3n) is 7.56. The smallest absolute Gasteiger partial charge is 0.114 e. The van der Waals surface area contributed by atoms with Gasteiger partial charge in [0, 0.05) is 50.1 Å². The third-order valence-corrected chi connectivity index (χ3v) is 7.56. The van der Waals surface area contributed by atoms with E-state index in [2.05, 4.69) is 35.2 Å². The van der Waals surface area contributed by atoms with E-state index in [1.807, 2.05) is 0 Å². The first-order valence-electron chi connectivity index (χ1n) is 11.8. The lowest BCUT2D eigenvalue weighted by Crippen LogP contribution is -2.44. The normalized spacial score (nSPS) is 27.0. The average Bonchev–Trinajstić information content (AvgIpc) is 3.38. The Morgan fingerprint density at radius 1 is 1.13 bits per heavy atom. The average molecular weight is 410 g/mol. The quantitative estimate of drug-likeness (QED) is 0.567. The van der Waals surface area contributed by atoms with E-state index in [1.54, 1.807) is 19.1 Å². The molecule has 5 nitrogen and oxygen atoms in total. The largest absolute Gasteiger partial charge is 0.358 e. The molecule has 4 rings (SSSR count). The first-order chi connectivity index (χ1) is 14.4. The van der Waals surface area contributed by atoms with Gasteiger partial charge >= 0.3 is 0 Å². The van der Waals surface area contributed by atoms with Gasteiger partial charge in [-0.3, -0.25) is 0 Å². The van der Waals surface area contributed by atoms with Gasteiger partial charge in [-0.25, -0.2) is 0 Å². The highest BCUT2D eigenvalue weighted by molar-refractivity contribution is 6.11. The van der Waals surface area contributed by atoms with Crippen LogP contribution < -0.4 is 5.32 Å². The SMILES string of the molecule is CC(=N)/C=C\C(=N)C1=C(N2CCC3(CC2)CC3NC2CCCCC2)N(C)CC(C)=C1. The van der Waals surface area contributed by atoms with Crippen molar-refractivity contribution >= 4 is 11.4 Å². The molecule has 0 aromatic carbocycles. The number of allylic oxidation sites excluding steroid dienone is 4. The molecule has 0 amide bonds. The molecule has 2 saturated carbocycles. The lowest BCUT2D eigenvalue weighted by molar-refractivity contribution is 0.157. The topological polar surface area (TPSA) is 66.2 Å². The van der Waals surface area contributed by atoms with Crippen molar-refractivity contribution in [2.45, 2.75) is 77.3 Å². The van der Waals surface area contributed by atoms with E-state index in [0.29, 0.717) is 16.8 Å². The van der Waals surface area contributed by atoms with Gasteiger partial charge in [-0.1, -0.05) is 24.8 Å². The minimum absolute atomic E-state index is 0.483. The lowest BCUT2D eigenvalue weighted by atomic mass is 9.90. The summed E-state index contributed by atoms with van der Waals surface area (Å²) in [5.41, 5.74) is 3.80. The Balaban J connectivity index is 1.43. The summed E-state index contributed by atoms with van der Waals surface area (Å²) in [7, 11) is 2.15. The molecule has 30 heavy (non-hydrogen) atoms. The first-order valence-corrected chi connectivity index (χ1v) is 11.8. The summed E-state index contributed by atoms with van der Waals surface area (Å²) < 4.78 is 0. The van der Waals surface area contributed by atoms with Crippen LogP contribution in [0.1, 0.15) is 65.2 Å². The number of nitrogens with one attached hydrogen (secondary N) is 3. The fraction of sp³-hybridized carbons (Fsp3) is 0.680. The molecule has 3 N–H and O–H groups in total. The van der Waals surface area contributed by atoms with Crippen LogP contribution in [0.5, 0.6) is 0 Å². The maximum absolute atomic E-state index is 8.62. The van der Waals surface area contributed by atoms with Crippen LogP contribution in [0, 0.1) is 16.2 Å². The molecule has 0 bridgehead atoms. The molecule has 1 unspecified atom stereocenters. The molecule has 0 aromatic heterocycles. The molecule has 1 saturated heterocycles. The summed E-state index contributed by atoms with van der Waals surface area (Å²) >= 11 is 0. The lowest BCUT2D eigenvalue weighted by Gasteiger charge is -2.42. The van der Waals surface area contributed by atoms with E-state index >= 15 is 0 Å². The maximum Gasteiger partial charge on any atom is 0.114 e. The summed E-state index contributed by atoms with van der Waals surface area (Å²) in [5, 5.41) is 20.3. The fourth-order valence-electron chi connectivity index (χ4n) is 5.77. The van der Waals surface area contributed by atoms with Crippen molar-refractivity contribution in [3.63, 3.8) is 0 Å². The van der Waals surface area contributed by atoms with Gasteiger partial charge in [0.1, 0.15) is 5.82 Å². The summed E-state index contributed by atoms with van der Waals surface area (Å²) in [5.74, 6) is 1.20. The Bertz CT molecular complexity index is 775. The zero-order valence-corrected chi connectivity index (χ0v) is 19.1. The van der Waals surface area contributed by atoms with Gasteiger partial charge in [-0.2, -0.15) is 0 Å². The molecule has 1 spiro atoms. The van der Waals surface area contributed by atoms with Crippen molar-refractivity contribution in [3.05, 3.63) is 35.2 Å². The molecule has 5 heteroatoms. The van der Waals surface area contributed by atoms with Gasteiger partial charge in [0.2, 0.25) is 0 Å². The van der Waals surface area contributed by atoms with Crippen molar-refractivity contribution < 1.29 is 0 Å². The summed E-state index contributed by atoms with van der Waals surface area (Å²) in [6.45, 7) is 6.99. The highest BCUT2D eigenvalue weighted by Gasteiger charge is 2.55. The van der Waals surface area contributed by atoms with Crippen molar-refractivity contribution in [3.8, 4) is 0 Å². The first kappa shape index (κ1) is 21.4. The summed E-state index contributed by atoms with van der Waals surface area (Å²) in [6.07, 6.45) is 16.5. The van der Waals surface area contributed by atoms with E-state index in [1.165, 1.54) is 62.8 Å².